The number of amides is 1. The van der Waals surface area contributed by atoms with E-state index in [2.05, 4.69) is 5.10 Å². The van der Waals surface area contributed by atoms with E-state index in [9.17, 15) is 14.0 Å². The van der Waals surface area contributed by atoms with Gasteiger partial charge in [-0.15, -0.1) is 0 Å². The van der Waals surface area contributed by atoms with Crippen LogP contribution in [0.3, 0.4) is 0 Å². The second-order valence-electron chi connectivity index (χ2n) is 7.79. The van der Waals surface area contributed by atoms with Crippen LogP contribution in [0.15, 0.2) is 24.3 Å². The number of nitrogen functional groups attached to an aromatic ring is 1. The molecule has 162 valence electrons. The number of rotatable bonds is 3. The number of esters is 1. The highest BCUT2D eigenvalue weighted by Gasteiger charge is 2.38. The largest absolute Gasteiger partial charge is 0.464 e. The Labute approximate surface area is 173 Å². The van der Waals surface area contributed by atoms with E-state index in [1.807, 2.05) is 0 Å². The van der Waals surface area contributed by atoms with Gasteiger partial charge in [0.25, 0.3) is 0 Å². The molecule has 0 radical (unpaired) electrons. The number of anilines is 1. The molecule has 1 amide bonds. The lowest BCUT2D eigenvalue weighted by molar-refractivity contribution is -0.0332. The molecule has 0 spiro atoms. The Morgan fingerprint density at radius 1 is 1.27 bits per heavy atom. The van der Waals surface area contributed by atoms with Crippen molar-refractivity contribution in [1.29, 1.82) is 0 Å². The average Bonchev–Trinajstić information content (AvgIpc) is 3.03. The average molecular weight is 420 g/mol. The normalized spacial score (nSPS) is 17.0. The molecule has 2 aromatic rings. The molecule has 0 aliphatic carbocycles. The zero-order valence-corrected chi connectivity index (χ0v) is 17.3. The first kappa shape index (κ1) is 21.6. The van der Waals surface area contributed by atoms with Crippen molar-refractivity contribution in [2.45, 2.75) is 32.4 Å². The molecule has 0 saturated carbocycles. The molecular weight excluding hydrogens is 395 g/mol. The van der Waals surface area contributed by atoms with E-state index in [0.29, 0.717) is 12.3 Å². The van der Waals surface area contributed by atoms with E-state index in [1.54, 1.807) is 20.8 Å². The summed E-state index contributed by atoms with van der Waals surface area (Å²) in [5, 5.41) is 4.28. The smallest absolute Gasteiger partial charge is 0.410 e. The van der Waals surface area contributed by atoms with Gasteiger partial charge in [0.15, 0.2) is 5.69 Å². The number of hydrogen-bond acceptors (Lipinski definition) is 7. The topological polar surface area (TPSA) is 109 Å². The first-order valence-corrected chi connectivity index (χ1v) is 9.42. The van der Waals surface area contributed by atoms with Gasteiger partial charge in [-0.3, -0.25) is 4.90 Å². The highest BCUT2D eigenvalue weighted by atomic mass is 19.1. The molecule has 9 nitrogen and oxygen atoms in total. The van der Waals surface area contributed by atoms with Crippen LogP contribution in [0.25, 0.3) is 5.69 Å². The van der Waals surface area contributed by atoms with Crippen LogP contribution in [0.1, 0.15) is 42.9 Å². The molecule has 1 atom stereocenters. The van der Waals surface area contributed by atoms with Crippen LogP contribution < -0.4 is 5.73 Å². The summed E-state index contributed by atoms with van der Waals surface area (Å²) in [6.07, 6.45) is -0.555. The summed E-state index contributed by atoms with van der Waals surface area (Å²) in [4.78, 5) is 26.7. The zero-order chi connectivity index (χ0) is 22.1. The number of nitrogens with two attached hydrogens (primary N) is 1. The highest BCUT2D eigenvalue weighted by molar-refractivity contribution is 5.91. The van der Waals surface area contributed by atoms with E-state index in [0.717, 1.165) is 0 Å². The van der Waals surface area contributed by atoms with Crippen molar-refractivity contribution in [1.82, 2.24) is 14.7 Å². The van der Waals surface area contributed by atoms with Crippen molar-refractivity contribution in [3.63, 3.8) is 0 Å². The van der Waals surface area contributed by atoms with Gasteiger partial charge >= 0.3 is 12.1 Å². The third-order valence-corrected chi connectivity index (χ3v) is 4.50. The van der Waals surface area contributed by atoms with Crippen LogP contribution >= 0.6 is 0 Å². The minimum Gasteiger partial charge on any atom is -0.464 e. The van der Waals surface area contributed by atoms with Crippen molar-refractivity contribution in [2.75, 3.05) is 32.6 Å². The number of morpholine rings is 1. The summed E-state index contributed by atoms with van der Waals surface area (Å²) in [6.45, 7) is 5.96. The molecule has 30 heavy (non-hydrogen) atoms. The van der Waals surface area contributed by atoms with Crippen molar-refractivity contribution < 1.29 is 28.2 Å². The Hall–Kier alpha value is -3.14. The van der Waals surface area contributed by atoms with Crippen LogP contribution in [-0.4, -0.2) is 59.2 Å². The summed E-state index contributed by atoms with van der Waals surface area (Å²) in [6, 6.07) is 4.76. The summed E-state index contributed by atoms with van der Waals surface area (Å²) in [5.41, 5.74) is 6.34. The van der Waals surface area contributed by atoms with Crippen LogP contribution in [0, 0.1) is 5.82 Å². The summed E-state index contributed by atoms with van der Waals surface area (Å²) < 4.78 is 30.6. The maximum Gasteiger partial charge on any atom is 0.410 e. The number of benzene rings is 1. The van der Waals surface area contributed by atoms with Gasteiger partial charge in [0.05, 0.1) is 37.6 Å². The molecule has 2 heterocycles. The van der Waals surface area contributed by atoms with Gasteiger partial charge in [-0.05, 0) is 45.0 Å². The molecule has 1 aromatic heterocycles. The third-order valence-electron chi connectivity index (χ3n) is 4.50. The van der Waals surface area contributed by atoms with Gasteiger partial charge in [-0.1, -0.05) is 0 Å². The van der Waals surface area contributed by atoms with Gasteiger partial charge in [-0.2, -0.15) is 5.10 Å². The van der Waals surface area contributed by atoms with Gasteiger partial charge < -0.3 is 19.9 Å². The van der Waals surface area contributed by atoms with Crippen LogP contribution in [0.2, 0.25) is 0 Å². The SMILES string of the molecule is COC(=O)c1nn(-c2ccc(F)cc2)c(N)c1C1COCCN1C(=O)OC(C)(C)C. The predicted octanol–water partition coefficient (Wildman–Crippen LogP) is 2.69. The molecule has 1 aliphatic heterocycles. The summed E-state index contributed by atoms with van der Waals surface area (Å²) in [5.74, 6) is -1.02. The predicted molar refractivity (Wildman–Crippen MR) is 106 cm³/mol. The first-order chi connectivity index (χ1) is 14.1. The monoisotopic (exact) mass is 420 g/mol. The quantitative estimate of drug-likeness (QED) is 0.761. The molecular formula is C20H25FN4O5. The molecule has 2 N–H and O–H groups in total. The van der Waals surface area contributed by atoms with E-state index >= 15 is 0 Å². The maximum atomic E-state index is 13.3. The minimum atomic E-state index is -0.715. The van der Waals surface area contributed by atoms with Crippen molar-refractivity contribution >= 4 is 17.9 Å². The van der Waals surface area contributed by atoms with Crippen molar-refractivity contribution in [3.8, 4) is 5.69 Å². The molecule has 0 bridgehead atoms. The van der Waals surface area contributed by atoms with E-state index in [1.165, 1.54) is 41.0 Å². The number of halogens is 1. The Morgan fingerprint density at radius 2 is 1.93 bits per heavy atom. The Balaban J connectivity index is 2.08. The fraction of sp³-hybridized carbons (Fsp3) is 0.450. The molecule has 10 heteroatoms. The Bertz CT molecular complexity index is 936. The number of carbonyl (C=O) groups excluding carboxylic acids is 2. The molecule has 1 unspecified atom stereocenters. The number of aromatic nitrogens is 2. The Kier molecular flexibility index (Phi) is 5.97. The lowest BCUT2D eigenvalue weighted by Crippen LogP contribution is -2.46. The second kappa shape index (κ2) is 8.31. The lowest BCUT2D eigenvalue weighted by atomic mass is 10.0. The number of carbonyl (C=O) groups is 2. The maximum absolute atomic E-state index is 13.3. The van der Waals surface area contributed by atoms with E-state index < -0.39 is 29.5 Å². The van der Waals surface area contributed by atoms with E-state index in [-0.39, 0.29) is 30.2 Å². The minimum absolute atomic E-state index is 0.0524. The molecule has 1 saturated heterocycles. The standard InChI is InChI=1S/C20H25FN4O5/c1-20(2,3)30-19(27)24-9-10-29-11-14(24)15-16(18(26)28-4)23-25(17(15)22)13-7-5-12(21)6-8-13/h5-8,14H,9-11,22H2,1-4H3. The molecule has 1 aliphatic rings. The van der Waals surface area contributed by atoms with Gasteiger partial charge in [0.1, 0.15) is 17.2 Å². The van der Waals surface area contributed by atoms with Gasteiger partial charge in [-0.25, -0.2) is 18.7 Å². The fourth-order valence-electron chi connectivity index (χ4n) is 3.18. The lowest BCUT2D eigenvalue weighted by Gasteiger charge is -2.36. The van der Waals surface area contributed by atoms with E-state index in [4.69, 9.17) is 19.9 Å². The Morgan fingerprint density at radius 3 is 2.53 bits per heavy atom. The number of hydrogen-bond donors (Lipinski definition) is 1. The number of methoxy groups -OCH3 is 1. The first-order valence-electron chi connectivity index (χ1n) is 9.42. The number of nitrogens with zero attached hydrogens (tertiary/aromatic N) is 3. The molecule has 1 fully saturated rings. The number of ether oxygens (including phenoxy) is 3. The van der Waals surface area contributed by atoms with Crippen molar-refractivity contribution in [3.05, 3.63) is 41.3 Å². The van der Waals surface area contributed by atoms with Gasteiger partial charge in [0, 0.05) is 6.54 Å². The van der Waals surface area contributed by atoms with Crippen LogP contribution in [0.5, 0.6) is 0 Å². The summed E-state index contributed by atoms with van der Waals surface area (Å²) >= 11 is 0. The molecule has 3 rings (SSSR count). The third kappa shape index (κ3) is 4.38. The summed E-state index contributed by atoms with van der Waals surface area (Å²) in [7, 11) is 1.22. The zero-order valence-electron chi connectivity index (χ0n) is 17.3. The highest BCUT2D eigenvalue weighted by Crippen LogP contribution is 2.34. The van der Waals surface area contributed by atoms with Gasteiger partial charge in [0.2, 0.25) is 0 Å². The van der Waals surface area contributed by atoms with Crippen molar-refractivity contribution in [2.24, 2.45) is 0 Å². The van der Waals surface area contributed by atoms with Crippen LogP contribution in [0.4, 0.5) is 15.0 Å². The molecule has 1 aromatic carbocycles. The fourth-order valence-corrected chi connectivity index (χ4v) is 3.18. The second-order valence-corrected chi connectivity index (χ2v) is 7.79. The van der Waals surface area contributed by atoms with Crippen LogP contribution in [-0.2, 0) is 14.2 Å².